The number of nitrogens with two attached hydrogens (primary N) is 1. The van der Waals surface area contributed by atoms with Crippen molar-refractivity contribution in [1.29, 1.82) is 0 Å². The Bertz CT molecular complexity index is 722. The monoisotopic (exact) mass is 267 g/mol. The van der Waals surface area contributed by atoms with Gasteiger partial charge in [-0.15, -0.1) is 11.3 Å². The van der Waals surface area contributed by atoms with E-state index < -0.39 is 0 Å². The first kappa shape index (κ1) is 12.4. The van der Waals surface area contributed by atoms with Crippen molar-refractivity contribution in [1.82, 2.24) is 0 Å². The molecule has 0 spiro atoms. The van der Waals surface area contributed by atoms with Crippen molar-refractivity contribution in [3.05, 3.63) is 69.4 Å². The number of hydrogen-bond acceptors (Lipinski definition) is 2. The van der Waals surface area contributed by atoms with E-state index in [2.05, 4.69) is 62.4 Å². The van der Waals surface area contributed by atoms with Crippen molar-refractivity contribution >= 4 is 22.1 Å². The lowest BCUT2D eigenvalue weighted by atomic mass is 9.94. The third kappa shape index (κ3) is 2.18. The molecule has 0 radical (unpaired) electrons. The maximum Gasteiger partial charge on any atom is 0.0568 e. The van der Waals surface area contributed by atoms with Crippen LogP contribution in [0.3, 0.4) is 0 Å². The highest BCUT2D eigenvalue weighted by Crippen LogP contribution is 2.32. The van der Waals surface area contributed by atoms with Gasteiger partial charge in [-0.2, -0.15) is 0 Å². The summed E-state index contributed by atoms with van der Waals surface area (Å²) in [6, 6.07) is 17.0. The molecule has 0 fully saturated rings. The van der Waals surface area contributed by atoms with Crippen LogP contribution in [0.2, 0.25) is 0 Å². The molecule has 1 unspecified atom stereocenters. The van der Waals surface area contributed by atoms with Crippen molar-refractivity contribution < 1.29 is 0 Å². The van der Waals surface area contributed by atoms with Crippen LogP contribution in [0.15, 0.2) is 48.5 Å². The van der Waals surface area contributed by atoms with Crippen molar-refractivity contribution in [2.75, 3.05) is 0 Å². The molecule has 0 saturated carbocycles. The molecule has 2 aromatic carbocycles. The summed E-state index contributed by atoms with van der Waals surface area (Å²) in [6.45, 7) is 4.29. The SMILES string of the molecule is Cc1cc(C(N)c2cccc3ccccc23)c(C)s1. The molecule has 2 heteroatoms. The van der Waals surface area contributed by atoms with Crippen LogP contribution in [0.4, 0.5) is 0 Å². The summed E-state index contributed by atoms with van der Waals surface area (Å²) in [5.41, 5.74) is 8.96. The quantitative estimate of drug-likeness (QED) is 0.723. The zero-order chi connectivity index (χ0) is 13.4. The van der Waals surface area contributed by atoms with Gasteiger partial charge in [-0.1, -0.05) is 42.5 Å². The standard InChI is InChI=1S/C17H17NS/c1-11-10-16(12(2)19-11)17(18)15-9-5-7-13-6-3-4-8-14(13)15/h3-10,17H,18H2,1-2H3. The summed E-state index contributed by atoms with van der Waals surface area (Å²) in [7, 11) is 0. The van der Waals surface area contributed by atoms with Crippen LogP contribution in [0, 0.1) is 13.8 Å². The number of rotatable bonds is 2. The maximum absolute atomic E-state index is 6.50. The maximum atomic E-state index is 6.50. The number of thiophene rings is 1. The summed E-state index contributed by atoms with van der Waals surface area (Å²) >= 11 is 1.82. The molecular formula is C17H17NS. The van der Waals surface area contributed by atoms with E-state index in [9.17, 15) is 0 Å². The molecule has 0 amide bonds. The Hall–Kier alpha value is -1.64. The third-order valence-corrected chi connectivity index (χ3v) is 4.55. The van der Waals surface area contributed by atoms with Gasteiger partial charge in [-0.25, -0.2) is 0 Å². The average molecular weight is 267 g/mol. The molecule has 2 N–H and O–H groups in total. The first-order valence-corrected chi connectivity index (χ1v) is 7.28. The minimum absolute atomic E-state index is 0.0453. The van der Waals surface area contributed by atoms with E-state index in [-0.39, 0.29) is 6.04 Å². The molecule has 96 valence electrons. The molecule has 19 heavy (non-hydrogen) atoms. The van der Waals surface area contributed by atoms with Crippen LogP contribution in [0.1, 0.15) is 26.9 Å². The highest BCUT2D eigenvalue weighted by molar-refractivity contribution is 7.12. The smallest absolute Gasteiger partial charge is 0.0568 e. The van der Waals surface area contributed by atoms with Gasteiger partial charge in [-0.3, -0.25) is 0 Å². The van der Waals surface area contributed by atoms with Crippen molar-refractivity contribution in [2.45, 2.75) is 19.9 Å². The van der Waals surface area contributed by atoms with Crippen molar-refractivity contribution in [2.24, 2.45) is 5.73 Å². The molecule has 0 aliphatic rings. The fourth-order valence-corrected chi connectivity index (χ4v) is 3.62. The molecule has 1 heterocycles. The molecule has 0 saturated heterocycles. The summed E-state index contributed by atoms with van der Waals surface area (Å²) in [5, 5.41) is 2.50. The average Bonchev–Trinajstić information content (AvgIpc) is 2.76. The fourth-order valence-electron chi connectivity index (χ4n) is 2.65. The highest BCUT2D eigenvalue weighted by atomic mass is 32.1. The molecule has 0 aliphatic heterocycles. The largest absolute Gasteiger partial charge is 0.320 e. The van der Waals surface area contributed by atoms with Gasteiger partial charge >= 0.3 is 0 Å². The Kier molecular flexibility index (Phi) is 3.13. The predicted octanol–water partition coefficient (Wildman–Crippen LogP) is 4.57. The van der Waals surface area contributed by atoms with Gasteiger partial charge in [-0.05, 0) is 41.8 Å². The van der Waals surface area contributed by atoms with Gasteiger partial charge in [0.1, 0.15) is 0 Å². The lowest BCUT2D eigenvalue weighted by molar-refractivity contribution is 0.878. The molecule has 0 aliphatic carbocycles. The van der Waals surface area contributed by atoms with Crippen LogP contribution in [0.5, 0.6) is 0 Å². The van der Waals surface area contributed by atoms with E-state index in [0.717, 1.165) is 0 Å². The van der Waals surface area contributed by atoms with E-state index in [4.69, 9.17) is 5.73 Å². The minimum Gasteiger partial charge on any atom is -0.320 e. The van der Waals surface area contributed by atoms with E-state index in [1.807, 2.05) is 11.3 Å². The number of hydrogen-bond donors (Lipinski definition) is 1. The highest BCUT2D eigenvalue weighted by Gasteiger charge is 2.15. The topological polar surface area (TPSA) is 26.0 Å². The second-order valence-electron chi connectivity index (χ2n) is 4.91. The Morgan fingerprint density at radius 3 is 2.42 bits per heavy atom. The number of benzene rings is 2. The van der Waals surface area contributed by atoms with Gasteiger partial charge in [0.2, 0.25) is 0 Å². The second kappa shape index (κ2) is 4.80. The Morgan fingerprint density at radius 2 is 1.68 bits per heavy atom. The zero-order valence-electron chi connectivity index (χ0n) is 11.2. The van der Waals surface area contributed by atoms with Crippen LogP contribution >= 0.6 is 11.3 Å². The molecule has 1 atom stereocenters. The summed E-state index contributed by atoms with van der Waals surface area (Å²) in [4.78, 5) is 2.64. The number of aryl methyl sites for hydroxylation is 2. The van der Waals surface area contributed by atoms with Crippen LogP contribution in [-0.2, 0) is 0 Å². The van der Waals surface area contributed by atoms with Crippen LogP contribution in [-0.4, -0.2) is 0 Å². The lowest BCUT2D eigenvalue weighted by Crippen LogP contribution is -2.12. The molecule has 1 nitrogen and oxygen atoms in total. The Morgan fingerprint density at radius 1 is 0.947 bits per heavy atom. The minimum atomic E-state index is -0.0453. The van der Waals surface area contributed by atoms with Gasteiger partial charge in [0.25, 0.3) is 0 Å². The Balaban J connectivity index is 2.16. The Labute approximate surface area is 117 Å². The van der Waals surface area contributed by atoms with Gasteiger partial charge < -0.3 is 5.73 Å². The summed E-state index contributed by atoms with van der Waals surface area (Å²) in [6.07, 6.45) is 0. The molecule has 1 aromatic heterocycles. The fraction of sp³-hybridized carbons (Fsp3) is 0.176. The third-order valence-electron chi connectivity index (χ3n) is 3.57. The van der Waals surface area contributed by atoms with Crippen LogP contribution in [0.25, 0.3) is 10.8 Å². The van der Waals surface area contributed by atoms with Crippen molar-refractivity contribution in [3.8, 4) is 0 Å². The van der Waals surface area contributed by atoms with Crippen molar-refractivity contribution in [3.63, 3.8) is 0 Å². The van der Waals surface area contributed by atoms with E-state index in [0.29, 0.717) is 0 Å². The van der Waals surface area contributed by atoms with Crippen LogP contribution < -0.4 is 5.73 Å². The first-order chi connectivity index (χ1) is 9.16. The normalized spacial score (nSPS) is 12.8. The molecule has 0 bridgehead atoms. The first-order valence-electron chi connectivity index (χ1n) is 6.47. The molecular weight excluding hydrogens is 250 g/mol. The molecule has 3 rings (SSSR count). The van der Waals surface area contributed by atoms with E-state index >= 15 is 0 Å². The number of fused-ring (bicyclic) bond motifs is 1. The second-order valence-corrected chi connectivity index (χ2v) is 6.38. The van der Waals surface area contributed by atoms with Gasteiger partial charge in [0, 0.05) is 9.75 Å². The summed E-state index contributed by atoms with van der Waals surface area (Å²) in [5.74, 6) is 0. The van der Waals surface area contributed by atoms with Gasteiger partial charge in [0.15, 0.2) is 0 Å². The van der Waals surface area contributed by atoms with Gasteiger partial charge in [0.05, 0.1) is 6.04 Å². The lowest BCUT2D eigenvalue weighted by Gasteiger charge is -2.15. The molecule has 3 aromatic rings. The zero-order valence-corrected chi connectivity index (χ0v) is 12.0. The summed E-state index contributed by atoms with van der Waals surface area (Å²) < 4.78 is 0. The van der Waals surface area contributed by atoms with E-state index in [1.165, 1.54) is 31.7 Å². The predicted molar refractivity (Wildman–Crippen MR) is 83.8 cm³/mol. The van der Waals surface area contributed by atoms with E-state index in [1.54, 1.807) is 0 Å².